The van der Waals surface area contributed by atoms with Gasteiger partial charge in [-0.15, -0.1) is 0 Å². The Morgan fingerprint density at radius 2 is 2.19 bits per heavy atom. The van der Waals surface area contributed by atoms with E-state index in [1.54, 1.807) is 0 Å². The van der Waals surface area contributed by atoms with Crippen molar-refractivity contribution < 1.29 is 29.2 Å². The normalized spacial score (nSPS) is 28.6. The number of aliphatic hydroxyl groups is 3. The average Bonchev–Trinajstić information content (AvgIpc) is 2.75. The van der Waals surface area contributed by atoms with Gasteiger partial charge in [0.05, 0.1) is 6.61 Å². The van der Waals surface area contributed by atoms with Crippen LogP contribution in [0.15, 0.2) is 11.1 Å². The monoisotopic (exact) mass is 304 g/mol. The number of nitrogens with one attached hydrogen (secondary N) is 1. The van der Waals surface area contributed by atoms with E-state index >= 15 is 0 Å². The second-order valence-corrected chi connectivity index (χ2v) is 4.28. The van der Waals surface area contributed by atoms with Crippen LogP contribution in [0.5, 0.6) is 0 Å². The summed E-state index contributed by atoms with van der Waals surface area (Å²) in [6, 6.07) is 0. The van der Waals surface area contributed by atoms with E-state index in [0.29, 0.717) is 0 Å². The molecule has 0 bridgehead atoms. The second-order valence-electron chi connectivity index (χ2n) is 4.28. The Morgan fingerprint density at radius 1 is 1.48 bits per heavy atom. The van der Waals surface area contributed by atoms with Crippen LogP contribution in [0.3, 0.4) is 0 Å². The molecule has 4 atom stereocenters. The van der Waals surface area contributed by atoms with E-state index in [1.165, 1.54) is 0 Å². The van der Waals surface area contributed by atoms with Gasteiger partial charge in [0.25, 0.3) is 5.91 Å². The minimum Gasteiger partial charge on any atom is -0.394 e. The molecule has 0 aromatic carbocycles. The first-order chi connectivity index (χ1) is 9.97. The van der Waals surface area contributed by atoms with Crippen LogP contribution in [-0.4, -0.2) is 67.4 Å². The van der Waals surface area contributed by atoms with Gasteiger partial charge in [0, 0.05) is 0 Å². The Balaban J connectivity index is 2.22. The van der Waals surface area contributed by atoms with Crippen LogP contribution in [0.1, 0.15) is 6.23 Å². The van der Waals surface area contributed by atoms with Crippen LogP contribution < -0.4 is 11.0 Å². The summed E-state index contributed by atoms with van der Waals surface area (Å²) >= 11 is 0. The van der Waals surface area contributed by atoms with Crippen LogP contribution in [-0.2, 0) is 9.53 Å². The van der Waals surface area contributed by atoms with Gasteiger partial charge in [0.2, 0.25) is 5.95 Å². The molecule has 0 spiro atoms. The Morgan fingerprint density at radius 3 is 2.71 bits per heavy atom. The van der Waals surface area contributed by atoms with Crippen LogP contribution >= 0.6 is 0 Å². The molecule has 1 saturated heterocycles. The van der Waals surface area contributed by atoms with Crippen molar-refractivity contribution >= 4 is 11.9 Å². The maximum Gasteiger partial charge on any atom is 0.354 e. The van der Waals surface area contributed by atoms with Crippen LogP contribution in [0, 0.1) is 0 Å². The fourth-order valence-electron chi connectivity index (χ4n) is 1.85. The van der Waals surface area contributed by atoms with Gasteiger partial charge in [0.1, 0.15) is 24.6 Å². The minimum atomic E-state index is -1.46. The first kappa shape index (κ1) is 15.4. The third-order valence-electron chi connectivity index (χ3n) is 2.89. The highest BCUT2D eigenvalue weighted by molar-refractivity contribution is 5.89. The molecule has 1 fully saturated rings. The number of hydrogen-bond donors (Lipinski definition) is 4. The largest absolute Gasteiger partial charge is 0.394 e. The summed E-state index contributed by atoms with van der Waals surface area (Å²) in [5, 5.41) is 30.3. The summed E-state index contributed by atoms with van der Waals surface area (Å²) in [7, 11) is 0. The van der Waals surface area contributed by atoms with E-state index in [1.807, 2.05) is 5.32 Å². The Labute approximate surface area is 116 Å². The lowest BCUT2D eigenvalue weighted by Gasteiger charge is -2.16. The van der Waals surface area contributed by atoms with Crippen molar-refractivity contribution in [1.82, 2.24) is 14.5 Å². The number of carbonyl (C=O) groups is 1. The summed E-state index contributed by atoms with van der Waals surface area (Å²) in [5.74, 6) is -1.41. The van der Waals surface area contributed by atoms with Crippen molar-refractivity contribution in [3.8, 4) is 0 Å². The predicted molar refractivity (Wildman–Crippen MR) is 63.9 cm³/mol. The Kier molecular flexibility index (Phi) is 4.57. The molecule has 11 heteroatoms. The zero-order chi connectivity index (χ0) is 15.6. The van der Waals surface area contributed by atoms with Gasteiger partial charge in [-0.2, -0.15) is 4.98 Å². The predicted octanol–water partition coefficient (Wildman–Crippen LogP) is -2.84. The molecule has 0 aliphatic carbocycles. The highest BCUT2D eigenvalue weighted by Gasteiger charge is 2.43. The highest BCUT2D eigenvalue weighted by atomic mass is 19.1. The molecule has 4 N–H and O–H groups in total. The molecule has 0 radical (unpaired) electrons. The zero-order valence-electron chi connectivity index (χ0n) is 10.6. The van der Waals surface area contributed by atoms with E-state index in [2.05, 4.69) is 9.97 Å². The molecular weight excluding hydrogens is 291 g/mol. The molecule has 116 valence electrons. The number of hydrogen-bond acceptors (Lipinski definition) is 8. The van der Waals surface area contributed by atoms with Crippen LogP contribution in [0.25, 0.3) is 0 Å². The Hall–Kier alpha value is -1.95. The number of anilines is 1. The average molecular weight is 304 g/mol. The van der Waals surface area contributed by atoms with Crippen molar-refractivity contribution in [3.05, 3.63) is 16.8 Å². The van der Waals surface area contributed by atoms with Gasteiger partial charge in [-0.1, -0.05) is 0 Å². The third-order valence-corrected chi connectivity index (χ3v) is 2.89. The summed E-state index contributed by atoms with van der Waals surface area (Å²) in [5.41, 5.74) is -0.936. The van der Waals surface area contributed by atoms with Crippen molar-refractivity contribution in [1.29, 1.82) is 0 Å². The number of aliphatic hydroxyl groups excluding tert-OH is 3. The smallest absolute Gasteiger partial charge is 0.354 e. The van der Waals surface area contributed by atoms with E-state index in [0.717, 1.165) is 10.9 Å². The van der Waals surface area contributed by atoms with Gasteiger partial charge in [0.15, 0.2) is 12.9 Å². The number of nitrogens with zero attached hydrogens (tertiary/aromatic N) is 3. The molecule has 1 amide bonds. The molecule has 1 aromatic heterocycles. The number of ether oxygens (including phenoxy) is 1. The van der Waals surface area contributed by atoms with Crippen molar-refractivity contribution in [2.24, 2.45) is 0 Å². The highest BCUT2D eigenvalue weighted by Crippen LogP contribution is 2.27. The van der Waals surface area contributed by atoms with Gasteiger partial charge >= 0.3 is 5.69 Å². The van der Waals surface area contributed by atoms with Gasteiger partial charge in [-0.05, 0) is 0 Å². The van der Waals surface area contributed by atoms with E-state index in [4.69, 9.17) is 9.84 Å². The summed E-state index contributed by atoms with van der Waals surface area (Å²) < 4.78 is 17.9. The van der Waals surface area contributed by atoms with Crippen molar-refractivity contribution in [3.63, 3.8) is 0 Å². The summed E-state index contributed by atoms with van der Waals surface area (Å²) in [4.78, 5) is 29.6. The fourth-order valence-corrected chi connectivity index (χ4v) is 1.85. The number of aromatic nitrogens is 3. The van der Waals surface area contributed by atoms with E-state index in [9.17, 15) is 24.2 Å². The molecule has 2 rings (SSSR count). The lowest BCUT2D eigenvalue weighted by Crippen LogP contribution is -2.36. The van der Waals surface area contributed by atoms with Gasteiger partial charge < -0.3 is 20.1 Å². The second kappa shape index (κ2) is 6.22. The van der Waals surface area contributed by atoms with Crippen LogP contribution in [0.2, 0.25) is 0 Å². The molecule has 21 heavy (non-hydrogen) atoms. The van der Waals surface area contributed by atoms with E-state index in [-0.39, 0.29) is 0 Å². The molecule has 10 nitrogen and oxygen atoms in total. The number of carbonyl (C=O) groups excluding carboxylic acids is 1. The molecule has 1 aliphatic heterocycles. The molecule has 1 aliphatic rings. The maximum atomic E-state index is 12.0. The lowest BCUT2D eigenvalue weighted by molar-refractivity contribution is -0.117. The molecule has 0 saturated carbocycles. The van der Waals surface area contributed by atoms with E-state index < -0.39 is 55.4 Å². The van der Waals surface area contributed by atoms with Crippen LogP contribution in [0.4, 0.5) is 10.3 Å². The molecule has 2 unspecified atom stereocenters. The molecule has 2 heterocycles. The third kappa shape index (κ3) is 3.05. The van der Waals surface area contributed by atoms with Gasteiger partial charge in [-0.3, -0.25) is 14.7 Å². The zero-order valence-corrected chi connectivity index (χ0v) is 10.6. The Bertz CT molecular complexity index is 581. The fraction of sp³-hybridized carbons (Fsp3) is 0.600. The quantitative estimate of drug-likeness (QED) is 0.465. The first-order valence-corrected chi connectivity index (χ1v) is 5.91. The topological polar surface area (TPSA) is 147 Å². The molecule has 1 aromatic rings. The molecular formula is C10H13FN4O6. The number of amides is 1. The number of rotatable bonds is 4. The van der Waals surface area contributed by atoms with Crippen molar-refractivity contribution in [2.75, 3.05) is 18.6 Å². The summed E-state index contributed by atoms with van der Waals surface area (Å²) in [6.45, 7) is -1.84. The minimum absolute atomic E-state index is 0.398. The maximum absolute atomic E-state index is 12.0. The summed E-state index contributed by atoms with van der Waals surface area (Å²) in [6.07, 6.45) is -4.25. The number of alkyl halides is 1. The van der Waals surface area contributed by atoms with Gasteiger partial charge in [-0.25, -0.2) is 14.2 Å². The first-order valence-electron chi connectivity index (χ1n) is 5.91. The standard InChI is InChI=1S/C10H13FN4O6/c11-1-5(17)13-9-12-3-15(10(20)14-9)8-7(19)6(18)4(2-16)21-8/h3-4,6-8,16,18-19H,1-2H2,(H,13,14,17,20)/t4-,6?,7?,8-/m1/s1. The number of halogens is 1. The van der Waals surface area contributed by atoms with Crippen molar-refractivity contribution in [2.45, 2.75) is 24.5 Å². The SMILES string of the molecule is O=C(CF)Nc1ncn([C@@H]2O[C@H](CO)C(O)C2O)c(=O)n1. The lowest BCUT2D eigenvalue weighted by atomic mass is 10.1.